The molecule has 0 aromatic heterocycles. The number of carbonyl (C=O) groups excluding carboxylic acids is 1. The second-order valence-electron chi connectivity index (χ2n) is 8.80. The number of ketones is 1. The molecule has 0 fully saturated rings. The first-order valence-corrected chi connectivity index (χ1v) is 20.4. The van der Waals surface area contributed by atoms with Crippen LogP contribution in [0.2, 0.25) is 5.02 Å². The molecule has 0 heterocycles. The van der Waals surface area contributed by atoms with Gasteiger partial charge in [0.1, 0.15) is 0 Å². The fraction of sp³-hybridized carbons (Fsp3) is 0. The molecule has 42 heavy (non-hydrogen) atoms. The second-order valence-corrected chi connectivity index (χ2v) is 17.8. The van der Waals surface area contributed by atoms with E-state index < -0.39 is 19.5 Å². The van der Waals surface area contributed by atoms with Crippen LogP contribution in [0.4, 0.5) is 16.9 Å². The van der Waals surface area contributed by atoms with Gasteiger partial charge in [-0.05, 0) is 66.7 Å². The van der Waals surface area contributed by atoms with Gasteiger partial charge in [0.25, 0.3) is 0 Å². The zero-order chi connectivity index (χ0) is 30.4. The molecule has 0 saturated carbocycles. The molecule has 0 N–H and O–H groups in total. The number of benzene rings is 5. The maximum atomic E-state index is 12.7. The van der Waals surface area contributed by atoms with Crippen LogP contribution in [0, 0.1) is 0 Å². The molecule has 0 spiro atoms. The van der Waals surface area contributed by atoms with Gasteiger partial charge < -0.3 is 0 Å². The molecule has 0 unspecified atom stereocenters. The van der Waals surface area contributed by atoms with E-state index in [1.807, 2.05) is 42.5 Å². The van der Waals surface area contributed by atoms with Gasteiger partial charge in [-0.15, -0.1) is 0 Å². The van der Waals surface area contributed by atoms with Gasteiger partial charge in [-0.25, -0.2) is 0 Å². The molecule has 1 nitrogen and oxygen atoms in total. The monoisotopic (exact) mass is 744 g/mol. The van der Waals surface area contributed by atoms with Crippen LogP contribution in [0.5, 0.6) is 0 Å². The zero-order valence-electron chi connectivity index (χ0n) is 21.5. The quantitative estimate of drug-likeness (QED) is 0.0714. The van der Waals surface area contributed by atoms with E-state index in [9.17, 15) is 21.7 Å². The standard InChI is InChI=1S/C31H22ClOS2.6FH.Sb/c32-29-22-24(31(33)23-10-4-1-5-11-23)16-21-30(29)34-25-17-19-28(20-18-25)35(26-12-6-2-7-13-26)27-14-8-3-9-15-27;;;;;;;/h1-22H;6*1H;/q+1;;;;;;;+5/p-6. The average Bonchev–Trinajstić information content (AvgIpc) is 2.95. The van der Waals surface area contributed by atoms with E-state index in [-0.39, 0.29) is 16.7 Å². The van der Waals surface area contributed by atoms with E-state index >= 15 is 0 Å². The average molecular weight is 746 g/mol. The Bertz CT molecular complexity index is 1600. The Morgan fingerprint density at radius 1 is 0.571 bits per heavy atom. The summed E-state index contributed by atoms with van der Waals surface area (Å²) in [7, 11) is -0.173. The summed E-state index contributed by atoms with van der Waals surface area (Å²) in [5.74, 6) is -0.0257. The van der Waals surface area contributed by atoms with E-state index in [0.717, 1.165) is 9.79 Å². The van der Waals surface area contributed by atoms with E-state index in [1.54, 1.807) is 17.8 Å². The Morgan fingerprint density at radius 3 is 1.45 bits per heavy atom. The molecule has 0 aliphatic rings. The number of rotatable bonds is 7. The zero-order valence-corrected chi connectivity index (χ0v) is 26.5. The molecule has 5 rings (SSSR count). The van der Waals surface area contributed by atoms with E-state index in [4.69, 9.17) is 11.6 Å². The van der Waals surface area contributed by atoms with Crippen molar-refractivity contribution < 1.29 is 21.7 Å². The minimum atomic E-state index is -11.2. The third kappa shape index (κ3) is 10.5. The summed E-state index contributed by atoms with van der Waals surface area (Å²) in [4.78, 5) is 18.6. The van der Waals surface area contributed by atoms with Gasteiger partial charge in [-0.2, -0.15) is 0 Å². The molecule has 11 heteroatoms. The molecule has 0 radical (unpaired) electrons. The Hall–Kier alpha value is -2.84. The first-order valence-electron chi connectivity index (χ1n) is 12.2. The van der Waals surface area contributed by atoms with Crippen molar-refractivity contribution in [1.82, 2.24) is 0 Å². The maximum absolute atomic E-state index is 12.7. The first-order chi connectivity index (χ1) is 19.6. The molecule has 0 saturated heterocycles. The number of carbonyl (C=O) groups is 1. The van der Waals surface area contributed by atoms with Gasteiger partial charge in [-0.1, -0.05) is 90.1 Å². The van der Waals surface area contributed by atoms with Crippen LogP contribution in [0.3, 0.4) is 0 Å². The van der Waals surface area contributed by atoms with Crippen LogP contribution in [0.25, 0.3) is 0 Å². The van der Waals surface area contributed by atoms with Crippen LogP contribution in [-0.4, -0.2) is 25.3 Å². The molecule has 0 amide bonds. The Labute approximate surface area is 253 Å². The fourth-order valence-corrected chi connectivity index (χ4v) is 6.97. The third-order valence-corrected chi connectivity index (χ3v) is 9.21. The molecule has 218 valence electrons. The van der Waals surface area contributed by atoms with Crippen molar-refractivity contribution in [3.63, 3.8) is 0 Å². The summed E-state index contributed by atoms with van der Waals surface area (Å²) in [5, 5.41) is 0.578. The van der Waals surface area contributed by atoms with Crippen LogP contribution in [0.15, 0.2) is 158 Å². The molecular weight excluding hydrogens is 724 g/mol. The molecule has 5 aromatic carbocycles. The van der Waals surface area contributed by atoms with Crippen molar-refractivity contribution in [2.24, 2.45) is 0 Å². The first kappa shape index (κ1) is 32.1. The molecule has 0 aliphatic carbocycles. The summed E-state index contributed by atoms with van der Waals surface area (Å²) in [5.41, 5.74) is 1.25. The predicted molar refractivity (Wildman–Crippen MR) is 159 cm³/mol. The Kier molecular flexibility index (Phi) is 9.48. The van der Waals surface area contributed by atoms with Gasteiger partial charge in [-0.3, -0.25) is 4.79 Å². The summed E-state index contributed by atoms with van der Waals surface area (Å²) in [6.07, 6.45) is 0. The van der Waals surface area contributed by atoms with Crippen molar-refractivity contribution in [1.29, 1.82) is 0 Å². The second kappa shape index (κ2) is 12.4. The van der Waals surface area contributed by atoms with Crippen LogP contribution in [-0.2, 0) is 10.9 Å². The van der Waals surface area contributed by atoms with Crippen molar-refractivity contribution in [2.45, 2.75) is 24.5 Å². The Morgan fingerprint density at radius 2 is 1.00 bits per heavy atom. The molecule has 0 atom stereocenters. The van der Waals surface area contributed by atoms with Crippen LogP contribution < -0.4 is 0 Å². The normalized spacial score (nSPS) is 13.0. The molecule has 0 bridgehead atoms. The number of halogens is 7. The van der Waals surface area contributed by atoms with Gasteiger partial charge in [0.15, 0.2) is 20.5 Å². The van der Waals surface area contributed by atoms with Gasteiger partial charge >= 0.3 is 36.4 Å². The number of hydrogen-bond donors (Lipinski definition) is 0. The van der Waals surface area contributed by atoms with Gasteiger partial charge in [0, 0.05) is 20.9 Å². The summed E-state index contributed by atoms with van der Waals surface area (Å²) in [6.45, 7) is 0. The van der Waals surface area contributed by atoms with Gasteiger partial charge in [0.2, 0.25) is 0 Å². The SMILES string of the molecule is O=C(c1ccccc1)c1ccc(Sc2ccc([S+](c3ccccc3)c3ccccc3)cc2)c(Cl)c1.[F][Sb-]([F])([F])([F])([F])[F]. The topological polar surface area (TPSA) is 17.1 Å². The third-order valence-electron chi connectivity index (χ3n) is 5.48. The van der Waals surface area contributed by atoms with Crippen molar-refractivity contribution in [3.05, 3.63) is 150 Å². The summed E-state index contributed by atoms with van der Waals surface area (Å²) >= 11 is -3.07. The summed E-state index contributed by atoms with van der Waals surface area (Å²) < 4.78 is 59.6. The minimum absolute atomic E-state index is 0.0257. The fourth-order valence-electron chi connectivity index (χ4n) is 3.77. The van der Waals surface area contributed by atoms with Crippen LogP contribution in [0.1, 0.15) is 15.9 Å². The molecular formula is C31H22ClF6OS2Sb. The number of hydrogen-bond acceptors (Lipinski definition) is 2. The Balaban J connectivity index is 0.000000517. The van der Waals surface area contributed by atoms with Crippen molar-refractivity contribution in [2.75, 3.05) is 0 Å². The van der Waals surface area contributed by atoms with Crippen LogP contribution >= 0.6 is 23.4 Å². The van der Waals surface area contributed by atoms with Crippen molar-refractivity contribution in [3.8, 4) is 0 Å². The van der Waals surface area contributed by atoms with E-state index in [2.05, 4.69) is 84.9 Å². The molecule has 5 aromatic rings. The summed E-state index contributed by atoms with van der Waals surface area (Å²) in [6, 6.07) is 44.7. The van der Waals surface area contributed by atoms with Gasteiger partial charge in [0.05, 0.1) is 15.9 Å². The van der Waals surface area contributed by atoms with E-state index in [1.165, 1.54) is 14.7 Å². The molecule has 0 aliphatic heterocycles. The van der Waals surface area contributed by atoms with E-state index in [0.29, 0.717) is 16.1 Å². The van der Waals surface area contributed by atoms with Crippen molar-refractivity contribution >= 4 is 59.5 Å². The predicted octanol–water partition coefficient (Wildman–Crippen LogP) is 11.0.